The fraction of sp³-hybridized carbons (Fsp3) is 0.241. The summed E-state index contributed by atoms with van der Waals surface area (Å²) in [5.41, 5.74) is 10.8. The Morgan fingerprint density at radius 1 is 0.974 bits per heavy atom. The largest absolute Gasteiger partial charge is 0.493 e. The zero-order valence-electron chi connectivity index (χ0n) is 22.1. The molecule has 4 rings (SSSR count). The lowest BCUT2D eigenvalue weighted by molar-refractivity contribution is -0.140. The molecule has 0 bridgehead atoms. The molecule has 0 radical (unpaired) electrons. The highest BCUT2D eigenvalue weighted by molar-refractivity contribution is 6.00. The molecule has 0 aliphatic heterocycles. The van der Waals surface area contributed by atoms with Gasteiger partial charge in [-0.05, 0) is 48.2 Å². The van der Waals surface area contributed by atoms with E-state index in [1.165, 1.54) is 7.11 Å². The van der Waals surface area contributed by atoms with Crippen LogP contribution in [0.25, 0.3) is 22.4 Å². The number of methoxy groups -OCH3 is 3. The van der Waals surface area contributed by atoms with E-state index in [0.717, 1.165) is 22.2 Å². The molecule has 0 aliphatic carbocycles. The minimum absolute atomic E-state index is 0.00791. The van der Waals surface area contributed by atoms with Gasteiger partial charge in [-0.15, -0.1) is 0 Å². The van der Waals surface area contributed by atoms with Crippen molar-refractivity contribution in [3.05, 3.63) is 76.9 Å². The normalized spacial score (nSPS) is 10.7. The molecule has 202 valence electrons. The summed E-state index contributed by atoms with van der Waals surface area (Å²) in [5.74, 6) is 1.21. The van der Waals surface area contributed by atoms with Crippen molar-refractivity contribution in [3.8, 4) is 22.9 Å². The van der Waals surface area contributed by atoms with Crippen LogP contribution in [0.3, 0.4) is 0 Å². The molecule has 0 atom stereocenters. The molecule has 0 spiro atoms. The fourth-order valence-corrected chi connectivity index (χ4v) is 4.32. The summed E-state index contributed by atoms with van der Waals surface area (Å²) < 4.78 is 15.5. The van der Waals surface area contributed by atoms with E-state index in [2.05, 4.69) is 15.0 Å². The molecule has 1 aromatic heterocycles. The van der Waals surface area contributed by atoms with E-state index >= 15 is 0 Å². The van der Waals surface area contributed by atoms with Gasteiger partial charge in [0.05, 0.1) is 38.8 Å². The molecular formula is C29H31N5O5. The van der Waals surface area contributed by atoms with Gasteiger partial charge in [-0.2, -0.15) is 0 Å². The highest BCUT2D eigenvalue weighted by atomic mass is 16.5. The van der Waals surface area contributed by atoms with E-state index in [-0.39, 0.29) is 24.7 Å². The maximum absolute atomic E-state index is 13.2. The number of hydrogen-bond acceptors (Lipinski definition) is 7. The monoisotopic (exact) mass is 529 g/mol. The van der Waals surface area contributed by atoms with E-state index in [1.54, 1.807) is 32.4 Å². The van der Waals surface area contributed by atoms with Crippen LogP contribution >= 0.6 is 0 Å². The summed E-state index contributed by atoms with van der Waals surface area (Å²) in [6, 6.07) is 16.5. The molecule has 4 aromatic rings. The number of amidine groups is 1. The maximum atomic E-state index is 13.2. The standard InChI is InChI=1S/C29H31N5O5/c1-37-23-13-5-17(16-24(23)38-2)4-10-20-21(29(36)32-15-14-25(35)39-3)11-12-22-26(20)34-28(33-22)19-8-6-18(7-9-19)27(30)31/h5-9,11-13,16H,4,10,14-15H2,1-3H3,(H3,30,31)(H,32,36)(H,33,34). The average molecular weight is 530 g/mol. The number of nitrogens with two attached hydrogens (primary N) is 1. The minimum atomic E-state index is -0.396. The van der Waals surface area contributed by atoms with E-state index in [4.69, 9.17) is 25.6 Å². The minimum Gasteiger partial charge on any atom is -0.493 e. The van der Waals surface area contributed by atoms with Crippen molar-refractivity contribution in [1.82, 2.24) is 15.3 Å². The second kappa shape index (κ2) is 12.1. The first kappa shape index (κ1) is 27.2. The number of aromatic amines is 1. The Balaban J connectivity index is 1.69. The Hall–Kier alpha value is -4.86. The van der Waals surface area contributed by atoms with Crippen molar-refractivity contribution in [2.45, 2.75) is 19.3 Å². The molecule has 0 aliphatic rings. The number of nitrogens with zero attached hydrogens (tertiary/aromatic N) is 1. The summed E-state index contributed by atoms with van der Waals surface area (Å²) >= 11 is 0. The predicted molar refractivity (Wildman–Crippen MR) is 148 cm³/mol. The number of carbonyl (C=O) groups is 2. The van der Waals surface area contributed by atoms with E-state index in [0.29, 0.717) is 46.8 Å². The van der Waals surface area contributed by atoms with Gasteiger partial charge in [0.25, 0.3) is 5.91 Å². The molecule has 5 N–H and O–H groups in total. The van der Waals surface area contributed by atoms with Gasteiger partial charge in [0.15, 0.2) is 11.5 Å². The second-order valence-corrected chi connectivity index (χ2v) is 8.84. The van der Waals surface area contributed by atoms with E-state index in [9.17, 15) is 9.59 Å². The molecule has 0 unspecified atom stereocenters. The Labute approximate surface area is 226 Å². The Kier molecular flexibility index (Phi) is 8.45. The number of fused-ring (bicyclic) bond motifs is 1. The van der Waals surface area contributed by atoms with Crippen molar-refractivity contribution in [2.75, 3.05) is 27.9 Å². The highest BCUT2D eigenvalue weighted by Crippen LogP contribution is 2.30. The number of carbonyl (C=O) groups excluding carboxylic acids is 2. The fourth-order valence-electron chi connectivity index (χ4n) is 4.32. The first-order valence-electron chi connectivity index (χ1n) is 12.4. The third kappa shape index (κ3) is 6.18. The molecule has 0 fully saturated rings. The molecular weight excluding hydrogens is 498 g/mol. The number of aromatic nitrogens is 2. The molecule has 39 heavy (non-hydrogen) atoms. The quantitative estimate of drug-likeness (QED) is 0.132. The highest BCUT2D eigenvalue weighted by Gasteiger charge is 2.19. The van der Waals surface area contributed by atoms with Crippen LogP contribution in [-0.2, 0) is 22.4 Å². The number of rotatable bonds is 11. The lowest BCUT2D eigenvalue weighted by Crippen LogP contribution is -2.27. The maximum Gasteiger partial charge on any atom is 0.307 e. The van der Waals surface area contributed by atoms with Gasteiger partial charge >= 0.3 is 5.97 Å². The van der Waals surface area contributed by atoms with Crippen molar-refractivity contribution >= 4 is 28.7 Å². The number of nitrogens with one attached hydrogen (secondary N) is 3. The number of esters is 1. The molecule has 10 heteroatoms. The van der Waals surface area contributed by atoms with Gasteiger partial charge in [-0.25, -0.2) is 4.98 Å². The third-order valence-corrected chi connectivity index (χ3v) is 6.43. The number of benzene rings is 3. The van der Waals surface area contributed by atoms with Crippen LogP contribution in [0, 0.1) is 5.41 Å². The molecule has 3 aromatic carbocycles. The first-order chi connectivity index (χ1) is 18.8. The molecule has 0 saturated heterocycles. The Morgan fingerprint density at radius 3 is 2.38 bits per heavy atom. The van der Waals surface area contributed by atoms with Crippen molar-refractivity contribution in [1.29, 1.82) is 5.41 Å². The van der Waals surface area contributed by atoms with Crippen LogP contribution < -0.4 is 20.5 Å². The predicted octanol–water partition coefficient (Wildman–Crippen LogP) is 3.61. The topological polar surface area (TPSA) is 152 Å². The molecule has 10 nitrogen and oxygen atoms in total. The van der Waals surface area contributed by atoms with Gasteiger partial charge in [-0.3, -0.25) is 15.0 Å². The molecule has 1 heterocycles. The first-order valence-corrected chi connectivity index (χ1v) is 12.4. The van der Waals surface area contributed by atoms with E-state index < -0.39 is 5.97 Å². The summed E-state index contributed by atoms with van der Waals surface area (Å²) in [4.78, 5) is 32.9. The summed E-state index contributed by atoms with van der Waals surface area (Å²) in [6.45, 7) is 0.160. The lowest BCUT2D eigenvalue weighted by Gasteiger charge is -2.12. The number of amides is 1. The van der Waals surface area contributed by atoms with Gasteiger partial charge in [0.1, 0.15) is 11.7 Å². The van der Waals surface area contributed by atoms with Gasteiger partial charge in [0, 0.05) is 23.2 Å². The molecule has 1 amide bonds. The Morgan fingerprint density at radius 2 is 1.72 bits per heavy atom. The number of ether oxygens (including phenoxy) is 3. The zero-order valence-corrected chi connectivity index (χ0v) is 22.1. The summed E-state index contributed by atoms with van der Waals surface area (Å²) in [6.07, 6.45) is 1.23. The van der Waals surface area contributed by atoms with Crippen LogP contribution in [0.1, 0.15) is 33.5 Å². The van der Waals surface area contributed by atoms with Crippen LogP contribution in [0.2, 0.25) is 0 Å². The number of hydrogen-bond donors (Lipinski definition) is 4. The van der Waals surface area contributed by atoms with E-state index in [1.807, 2.05) is 36.4 Å². The van der Waals surface area contributed by atoms with Crippen molar-refractivity contribution in [2.24, 2.45) is 5.73 Å². The van der Waals surface area contributed by atoms with Crippen LogP contribution in [0.4, 0.5) is 0 Å². The number of nitrogen functional groups attached to an aromatic ring is 1. The molecule has 0 saturated carbocycles. The zero-order chi connectivity index (χ0) is 27.9. The Bertz CT molecular complexity index is 1510. The van der Waals surface area contributed by atoms with Crippen molar-refractivity contribution in [3.63, 3.8) is 0 Å². The smallest absolute Gasteiger partial charge is 0.307 e. The number of imidazole rings is 1. The van der Waals surface area contributed by atoms with Crippen LogP contribution in [0.5, 0.6) is 11.5 Å². The van der Waals surface area contributed by atoms with Crippen molar-refractivity contribution < 1.29 is 23.8 Å². The second-order valence-electron chi connectivity index (χ2n) is 8.84. The third-order valence-electron chi connectivity index (χ3n) is 6.43. The van der Waals surface area contributed by atoms with Crippen LogP contribution in [0.15, 0.2) is 54.6 Å². The number of aryl methyl sites for hydroxylation is 2. The van der Waals surface area contributed by atoms with Gasteiger partial charge in [-0.1, -0.05) is 30.3 Å². The van der Waals surface area contributed by atoms with Gasteiger partial charge < -0.3 is 30.2 Å². The summed E-state index contributed by atoms with van der Waals surface area (Å²) in [5, 5.41) is 10.4. The lowest BCUT2D eigenvalue weighted by atomic mass is 9.97. The number of H-pyrrole nitrogens is 1. The SMILES string of the molecule is COC(=O)CCNC(=O)c1ccc2[nH]c(-c3ccc(C(=N)N)cc3)nc2c1CCc1ccc(OC)c(OC)c1. The van der Waals surface area contributed by atoms with Crippen LogP contribution in [-0.4, -0.2) is 55.6 Å². The average Bonchev–Trinajstić information content (AvgIpc) is 3.40. The van der Waals surface area contributed by atoms with Gasteiger partial charge in [0.2, 0.25) is 0 Å². The summed E-state index contributed by atoms with van der Waals surface area (Å²) in [7, 11) is 4.49.